The molecule has 0 bridgehead atoms. The smallest absolute Gasteiger partial charge is 0.253 e. The number of carbonyl (C=O) groups is 1. The lowest BCUT2D eigenvalue weighted by molar-refractivity contribution is -0.123. The Morgan fingerprint density at radius 1 is 1.04 bits per heavy atom. The molecule has 4 nitrogen and oxygen atoms in total. The number of halogens is 1. The Labute approximate surface area is 174 Å². The van der Waals surface area contributed by atoms with E-state index in [1.165, 1.54) is 5.56 Å². The summed E-state index contributed by atoms with van der Waals surface area (Å²) in [6.07, 6.45) is 3.08. The minimum atomic E-state index is 0. The van der Waals surface area contributed by atoms with E-state index in [-0.39, 0.29) is 31.0 Å². The quantitative estimate of drug-likeness (QED) is 0.663. The number of hydrogen-bond donors (Lipinski definition) is 0. The summed E-state index contributed by atoms with van der Waals surface area (Å²) in [5, 5.41) is 0. The van der Waals surface area contributed by atoms with Gasteiger partial charge in [0.25, 0.3) is 5.91 Å². The Morgan fingerprint density at radius 2 is 1.64 bits per heavy atom. The van der Waals surface area contributed by atoms with Crippen LogP contribution in [0.2, 0.25) is 0 Å². The van der Waals surface area contributed by atoms with Crippen molar-refractivity contribution in [1.82, 2.24) is 4.90 Å². The van der Waals surface area contributed by atoms with Gasteiger partial charge in [0.2, 0.25) is 0 Å². The van der Waals surface area contributed by atoms with Gasteiger partial charge in [0, 0.05) is 38.0 Å². The van der Waals surface area contributed by atoms with Gasteiger partial charge in [0.1, 0.15) is 6.61 Å². The fourth-order valence-electron chi connectivity index (χ4n) is 3.74. The maximum Gasteiger partial charge on any atom is 0.253 e. The molecule has 2 aromatic carbocycles. The van der Waals surface area contributed by atoms with E-state index in [0.717, 1.165) is 44.6 Å². The van der Waals surface area contributed by atoms with Crippen molar-refractivity contribution in [2.45, 2.75) is 32.2 Å². The number of anilines is 1. The molecule has 1 fully saturated rings. The van der Waals surface area contributed by atoms with E-state index in [0.29, 0.717) is 6.61 Å². The number of benzene rings is 2. The zero-order valence-electron chi connectivity index (χ0n) is 16.6. The molecule has 0 radical (unpaired) electrons. The monoisotopic (exact) mass is 402 g/mol. The molecule has 5 heteroatoms. The van der Waals surface area contributed by atoms with Crippen LogP contribution >= 0.6 is 12.4 Å². The second-order valence-electron chi connectivity index (χ2n) is 7.04. The van der Waals surface area contributed by atoms with Crippen LogP contribution in [0.3, 0.4) is 0 Å². The number of piperidine rings is 1. The molecule has 152 valence electrons. The van der Waals surface area contributed by atoms with Gasteiger partial charge in [-0.05, 0) is 43.9 Å². The van der Waals surface area contributed by atoms with Gasteiger partial charge in [-0.3, -0.25) is 4.79 Å². The maximum atomic E-state index is 12.8. The van der Waals surface area contributed by atoms with E-state index in [4.69, 9.17) is 4.74 Å². The summed E-state index contributed by atoms with van der Waals surface area (Å²) in [6, 6.07) is 20.9. The average molecular weight is 403 g/mol. The van der Waals surface area contributed by atoms with Gasteiger partial charge in [0.05, 0.1) is 0 Å². The Balaban J connectivity index is 0.00000280. The molecule has 1 amide bonds. The summed E-state index contributed by atoms with van der Waals surface area (Å²) in [4.78, 5) is 17.3. The highest BCUT2D eigenvalue weighted by atomic mass is 35.5. The molecule has 28 heavy (non-hydrogen) atoms. The molecule has 1 aliphatic rings. The molecule has 1 heterocycles. The number of amides is 1. The molecule has 0 N–H and O–H groups in total. The summed E-state index contributed by atoms with van der Waals surface area (Å²) in [7, 11) is 0. The summed E-state index contributed by atoms with van der Waals surface area (Å²) in [6.45, 7) is 5.78. The molecule has 3 rings (SSSR count). The van der Waals surface area contributed by atoms with E-state index < -0.39 is 0 Å². The van der Waals surface area contributed by atoms with Crippen LogP contribution in [0.25, 0.3) is 0 Å². The van der Waals surface area contributed by atoms with E-state index in [1.807, 2.05) is 42.2 Å². The van der Waals surface area contributed by atoms with Gasteiger partial charge in [-0.25, -0.2) is 0 Å². The molecule has 0 atom stereocenters. The van der Waals surface area contributed by atoms with Crippen LogP contribution in [-0.2, 0) is 16.0 Å². The minimum Gasteiger partial charge on any atom is -0.372 e. The number of rotatable bonds is 8. The molecule has 0 spiro atoms. The van der Waals surface area contributed by atoms with E-state index in [9.17, 15) is 4.79 Å². The second-order valence-corrected chi connectivity index (χ2v) is 7.04. The van der Waals surface area contributed by atoms with Gasteiger partial charge in [-0.15, -0.1) is 12.4 Å². The molecule has 0 aliphatic carbocycles. The lowest BCUT2D eigenvalue weighted by Crippen LogP contribution is -2.49. The second kappa shape index (κ2) is 11.8. The number of hydrogen-bond acceptors (Lipinski definition) is 3. The van der Waals surface area contributed by atoms with Crippen LogP contribution in [0.4, 0.5) is 5.69 Å². The molecular formula is C23H31ClN2O2. The highest BCUT2D eigenvalue weighted by molar-refractivity contribution is 5.94. The zero-order chi connectivity index (χ0) is 18.9. The normalized spacial score (nSPS) is 15.0. The first-order valence-electron chi connectivity index (χ1n) is 9.99. The Hall–Kier alpha value is -1.88. The van der Waals surface area contributed by atoms with Crippen LogP contribution in [0.15, 0.2) is 60.7 Å². The van der Waals surface area contributed by atoms with Gasteiger partial charge in [0.15, 0.2) is 0 Å². The van der Waals surface area contributed by atoms with E-state index >= 15 is 0 Å². The summed E-state index contributed by atoms with van der Waals surface area (Å²) >= 11 is 0. The Kier molecular flexibility index (Phi) is 9.48. The third-order valence-electron chi connectivity index (χ3n) is 5.21. The van der Waals surface area contributed by atoms with Gasteiger partial charge < -0.3 is 14.5 Å². The highest BCUT2D eigenvalue weighted by Gasteiger charge is 2.28. The van der Waals surface area contributed by atoms with Crippen molar-refractivity contribution < 1.29 is 9.53 Å². The van der Waals surface area contributed by atoms with E-state index in [1.54, 1.807) is 0 Å². The van der Waals surface area contributed by atoms with Crippen molar-refractivity contribution in [3.05, 3.63) is 66.2 Å². The summed E-state index contributed by atoms with van der Waals surface area (Å²) in [5.41, 5.74) is 2.36. The van der Waals surface area contributed by atoms with Crippen molar-refractivity contribution in [2.24, 2.45) is 0 Å². The van der Waals surface area contributed by atoms with Gasteiger partial charge in [-0.2, -0.15) is 0 Å². The maximum absolute atomic E-state index is 12.8. The number of carbonyl (C=O) groups excluding carboxylic acids is 1. The average Bonchev–Trinajstić information content (AvgIpc) is 2.73. The van der Waals surface area contributed by atoms with Crippen LogP contribution < -0.4 is 4.90 Å². The van der Waals surface area contributed by atoms with Crippen molar-refractivity contribution in [3.63, 3.8) is 0 Å². The Morgan fingerprint density at radius 3 is 2.25 bits per heavy atom. The summed E-state index contributed by atoms with van der Waals surface area (Å²) < 4.78 is 5.40. The number of para-hydroxylation sites is 1. The standard InChI is InChI=1S/C23H30N2O2.ClH/c1-2-27-19-23(26)25(21-11-7-4-8-12-21)22-14-17-24(18-15-22)16-13-20-9-5-3-6-10-20;/h3-12,22H,2,13-19H2,1H3;1H. The SMILES string of the molecule is CCOCC(=O)N(c1ccccc1)C1CCN(CCc2ccccc2)CC1.Cl. The minimum absolute atomic E-state index is 0. The lowest BCUT2D eigenvalue weighted by atomic mass is 10.0. The molecular weight excluding hydrogens is 372 g/mol. The first-order chi connectivity index (χ1) is 13.3. The zero-order valence-corrected chi connectivity index (χ0v) is 17.4. The first kappa shape index (κ1) is 22.4. The van der Waals surface area contributed by atoms with Crippen molar-refractivity contribution in [1.29, 1.82) is 0 Å². The predicted molar refractivity (Wildman–Crippen MR) is 117 cm³/mol. The first-order valence-corrected chi connectivity index (χ1v) is 9.99. The Bertz CT molecular complexity index is 688. The largest absolute Gasteiger partial charge is 0.372 e. The van der Waals surface area contributed by atoms with Crippen LogP contribution in [0.1, 0.15) is 25.3 Å². The molecule has 0 saturated carbocycles. The fraction of sp³-hybridized carbons (Fsp3) is 0.435. The highest BCUT2D eigenvalue weighted by Crippen LogP contribution is 2.24. The molecule has 0 unspecified atom stereocenters. The predicted octanol–water partition coefficient (Wildman–Crippen LogP) is 4.19. The van der Waals surface area contributed by atoms with E-state index in [2.05, 4.69) is 35.2 Å². The molecule has 1 saturated heterocycles. The van der Waals surface area contributed by atoms with Crippen molar-refractivity contribution in [3.8, 4) is 0 Å². The summed E-state index contributed by atoms with van der Waals surface area (Å²) in [5.74, 6) is 0.0609. The number of likely N-dealkylation sites (tertiary alicyclic amines) is 1. The van der Waals surface area contributed by atoms with Crippen LogP contribution in [0, 0.1) is 0 Å². The third kappa shape index (κ3) is 6.33. The molecule has 2 aromatic rings. The topological polar surface area (TPSA) is 32.8 Å². The van der Waals surface area contributed by atoms with Crippen molar-refractivity contribution in [2.75, 3.05) is 37.7 Å². The van der Waals surface area contributed by atoms with Gasteiger partial charge >= 0.3 is 0 Å². The number of nitrogens with zero attached hydrogens (tertiary/aromatic N) is 2. The molecule has 0 aromatic heterocycles. The molecule has 1 aliphatic heterocycles. The lowest BCUT2D eigenvalue weighted by Gasteiger charge is -2.38. The van der Waals surface area contributed by atoms with Gasteiger partial charge in [-0.1, -0.05) is 48.5 Å². The van der Waals surface area contributed by atoms with Crippen LogP contribution in [0.5, 0.6) is 0 Å². The fourth-order valence-corrected chi connectivity index (χ4v) is 3.74. The van der Waals surface area contributed by atoms with Crippen molar-refractivity contribution >= 4 is 24.0 Å². The van der Waals surface area contributed by atoms with Crippen LogP contribution in [-0.4, -0.2) is 49.7 Å². The third-order valence-corrected chi connectivity index (χ3v) is 5.21. The number of ether oxygens (including phenoxy) is 1.